The summed E-state index contributed by atoms with van der Waals surface area (Å²) in [5.41, 5.74) is 1.48. The summed E-state index contributed by atoms with van der Waals surface area (Å²) >= 11 is 1.43. The molecule has 1 saturated carbocycles. The van der Waals surface area contributed by atoms with Crippen molar-refractivity contribution in [2.24, 2.45) is 5.92 Å². The molecule has 5 nitrogen and oxygen atoms in total. The summed E-state index contributed by atoms with van der Waals surface area (Å²) in [4.78, 5) is 25.5. The number of hydrogen-bond acceptors (Lipinski definition) is 5. The molecular weight excluding hydrogens is 375 g/mol. The number of piperidine rings is 1. The van der Waals surface area contributed by atoms with Gasteiger partial charge in [-0.25, -0.2) is 14.4 Å². The second-order valence-corrected chi connectivity index (χ2v) is 8.69. The van der Waals surface area contributed by atoms with Crippen LogP contribution in [0.3, 0.4) is 0 Å². The fraction of sp³-hybridized carbons (Fsp3) is 0.381. The van der Waals surface area contributed by atoms with Crippen molar-refractivity contribution in [3.63, 3.8) is 0 Å². The number of nitrogens with one attached hydrogen (secondary N) is 1. The molecule has 0 radical (unpaired) electrons. The average Bonchev–Trinajstić information content (AvgIpc) is 3.42. The lowest BCUT2D eigenvalue weighted by atomic mass is 10.1. The van der Waals surface area contributed by atoms with Crippen LogP contribution in [0.2, 0.25) is 0 Å². The van der Waals surface area contributed by atoms with Gasteiger partial charge in [-0.2, -0.15) is 0 Å². The Kier molecular flexibility index (Phi) is 4.27. The second-order valence-electron chi connectivity index (χ2n) is 7.69. The first kappa shape index (κ1) is 17.6. The van der Waals surface area contributed by atoms with Gasteiger partial charge in [-0.3, -0.25) is 4.79 Å². The van der Waals surface area contributed by atoms with Crippen LogP contribution in [-0.2, 0) is 6.54 Å². The number of nitrogens with zero attached hydrogens (tertiary/aromatic N) is 3. The first-order valence-electron chi connectivity index (χ1n) is 9.64. The van der Waals surface area contributed by atoms with Gasteiger partial charge in [0.25, 0.3) is 5.91 Å². The molecule has 144 valence electrons. The lowest BCUT2D eigenvalue weighted by Crippen LogP contribution is -2.37. The van der Waals surface area contributed by atoms with Crippen molar-refractivity contribution < 1.29 is 9.18 Å². The highest BCUT2D eigenvalue weighted by molar-refractivity contribution is 7.20. The number of aromatic nitrogens is 2. The molecule has 0 spiro atoms. The number of amides is 1. The average molecular weight is 396 g/mol. The Morgan fingerprint density at radius 1 is 1.32 bits per heavy atom. The molecule has 1 aliphatic carbocycles. The third-order valence-electron chi connectivity index (χ3n) is 6.00. The Balaban J connectivity index is 1.45. The van der Waals surface area contributed by atoms with Gasteiger partial charge in [-0.15, -0.1) is 11.3 Å². The van der Waals surface area contributed by atoms with E-state index < -0.39 is 0 Å². The summed E-state index contributed by atoms with van der Waals surface area (Å²) in [5.74, 6) is 1.18. The molecule has 2 bridgehead atoms. The number of anilines is 1. The minimum Gasteiger partial charge on any atom is -0.365 e. The Morgan fingerprint density at radius 3 is 2.93 bits per heavy atom. The Hall–Kier alpha value is -2.54. The number of hydrogen-bond donors (Lipinski definition) is 1. The van der Waals surface area contributed by atoms with Crippen LogP contribution in [0.1, 0.15) is 40.1 Å². The highest BCUT2D eigenvalue weighted by atomic mass is 32.1. The number of benzene rings is 1. The SMILES string of the molecule is Cc1c(C(=O)N2CC3CCC2C3)sc2ncnc(NCc3ccccc3F)c12. The van der Waals surface area contributed by atoms with Crippen LogP contribution in [0.15, 0.2) is 30.6 Å². The van der Waals surface area contributed by atoms with Gasteiger partial charge < -0.3 is 10.2 Å². The van der Waals surface area contributed by atoms with E-state index in [4.69, 9.17) is 0 Å². The van der Waals surface area contributed by atoms with E-state index in [0.717, 1.165) is 40.0 Å². The number of thiophene rings is 1. The zero-order valence-electron chi connectivity index (χ0n) is 15.6. The molecule has 2 aromatic heterocycles. The van der Waals surface area contributed by atoms with E-state index in [1.165, 1.54) is 30.2 Å². The standard InChI is InChI=1S/C21H21FN4OS/c1-12-17-19(23-9-14-4-2-3-5-16(14)22)24-11-25-20(17)28-18(12)21(27)26-10-13-6-7-15(26)8-13/h2-5,11,13,15H,6-10H2,1H3,(H,23,24,25). The highest BCUT2D eigenvalue weighted by Crippen LogP contribution is 2.40. The van der Waals surface area contributed by atoms with Crippen LogP contribution >= 0.6 is 11.3 Å². The van der Waals surface area contributed by atoms with Gasteiger partial charge in [-0.1, -0.05) is 18.2 Å². The summed E-state index contributed by atoms with van der Waals surface area (Å²) in [5, 5.41) is 4.08. The number of halogens is 1. The second kappa shape index (κ2) is 6.81. The molecule has 1 saturated heterocycles. The molecule has 2 unspecified atom stereocenters. The van der Waals surface area contributed by atoms with Crippen molar-refractivity contribution in [1.82, 2.24) is 14.9 Å². The molecule has 7 heteroatoms. The molecule has 28 heavy (non-hydrogen) atoms. The molecule has 1 amide bonds. The Morgan fingerprint density at radius 2 is 2.18 bits per heavy atom. The van der Waals surface area contributed by atoms with Crippen LogP contribution in [0.25, 0.3) is 10.2 Å². The van der Waals surface area contributed by atoms with E-state index >= 15 is 0 Å². The summed E-state index contributed by atoms with van der Waals surface area (Å²) in [6, 6.07) is 7.08. The van der Waals surface area contributed by atoms with E-state index in [2.05, 4.69) is 15.3 Å². The number of aryl methyl sites for hydroxylation is 1. The zero-order valence-corrected chi connectivity index (χ0v) is 16.4. The molecule has 1 aliphatic heterocycles. The molecule has 1 N–H and O–H groups in total. The quantitative estimate of drug-likeness (QED) is 0.711. The third-order valence-corrected chi connectivity index (χ3v) is 7.18. The maximum absolute atomic E-state index is 13.9. The number of likely N-dealkylation sites (tertiary alicyclic amines) is 1. The molecule has 5 rings (SSSR count). The lowest BCUT2D eigenvalue weighted by Gasteiger charge is -2.26. The fourth-order valence-electron chi connectivity index (χ4n) is 4.53. The number of fused-ring (bicyclic) bond motifs is 3. The summed E-state index contributed by atoms with van der Waals surface area (Å²) in [6.45, 7) is 3.16. The van der Waals surface area contributed by atoms with E-state index in [-0.39, 0.29) is 11.7 Å². The molecular formula is C21H21FN4OS. The smallest absolute Gasteiger partial charge is 0.264 e. The van der Waals surface area contributed by atoms with Gasteiger partial charge in [0, 0.05) is 24.7 Å². The number of rotatable bonds is 4. The molecule has 2 atom stereocenters. The Labute approximate surface area is 166 Å². The van der Waals surface area contributed by atoms with E-state index in [0.29, 0.717) is 29.9 Å². The van der Waals surface area contributed by atoms with Crippen molar-refractivity contribution >= 4 is 33.3 Å². The minimum absolute atomic E-state index is 0.118. The van der Waals surface area contributed by atoms with Gasteiger partial charge in [-0.05, 0) is 43.7 Å². The monoisotopic (exact) mass is 396 g/mol. The zero-order chi connectivity index (χ0) is 19.3. The van der Waals surface area contributed by atoms with Crippen LogP contribution in [0.5, 0.6) is 0 Å². The highest BCUT2D eigenvalue weighted by Gasteiger charge is 2.41. The van der Waals surface area contributed by atoms with Crippen LogP contribution < -0.4 is 5.32 Å². The van der Waals surface area contributed by atoms with Crippen LogP contribution in [0, 0.1) is 18.7 Å². The van der Waals surface area contributed by atoms with Gasteiger partial charge in [0.2, 0.25) is 0 Å². The molecule has 3 aromatic rings. The van der Waals surface area contributed by atoms with E-state index in [1.807, 2.05) is 17.9 Å². The summed E-state index contributed by atoms with van der Waals surface area (Å²) in [6.07, 6.45) is 5.00. The van der Waals surface area contributed by atoms with E-state index in [1.54, 1.807) is 12.1 Å². The lowest BCUT2D eigenvalue weighted by molar-refractivity contribution is 0.0708. The number of carbonyl (C=O) groups excluding carboxylic acids is 1. The first-order valence-corrected chi connectivity index (χ1v) is 10.5. The summed E-state index contributed by atoms with van der Waals surface area (Å²) < 4.78 is 13.9. The van der Waals surface area contributed by atoms with Crippen LogP contribution in [0.4, 0.5) is 10.2 Å². The number of carbonyl (C=O) groups is 1. The predicted molar refractivity (Wildman–Crippen MR) is 108 cm³/mol. The van der Waals surface area contributed by atoms with Crippen molar-refractivity contribution in [1.29, 1.82) is 0 Å². The van der Waals surface area contributed by atoms with Crippen molar-refractivity contribution in [2.75, 3.05) is 11.9 Å². The predicted octanol–water partition coefficient (Wildman–Crippen LogP) is 4.38. The fourth-order valence-corrected chi connectivity index (χ4v) is 5.64. The normalized spacial score (nSPS) is 20.9. The van der Waals surface area contributed by atoms with Crippen molar-refractivity contribution in [2.45, 2.75) is 38.8 Å². The third kappa shape index (κ3) is 2.85. The molecule has 2 fully saturated rings. The first-order chi connectivity index (χ1) is 13.6. The maximum atomic E-state index is 13.9. The molecule has 1 aromatic carbocycles. The minimum atomic E-state index is -0.248. The molecule has 3 heterocycles. The molecule has 2 aliphatic rings. The Bertz CT molecular complexity index is 1070. The van der Waals surface area contributed by atoms with Gasteiger partial charge in [0.1, 0.15) is 22.8 Å². The van der Waals surface area contributed by atoms with E-state index in [9.17, 15) is 9.18 Å². The van der Waals surface area contributed by atoms with Gasteiger partial charge in [0.15, 0.2) is 0 Å². The van der Waals surface area contributed by atoms with Gasteiger partial charge in [0.05, 0.1) is 10.3 Å². The maximum Gasteiger partial charge on any atom is 0.264 e. The van der Waals surface area contributed by atoms with Crippen molar-refractivity contribution in [3.8, 4) is 0 Å². The topological polar surface area (TPSA) is 58.1 Å². The van der Waals surface area contributed by atoms with Gasteiger partial charge >= 0.3 is 0 Å². The largest absolute Gasteiger partial charge is 0.365 e. The van der Waals surface area contributed by atoms with Crippen LogP contribution in [-0.4, -0.2) is 33.4 Å². The summed E-state index contributed by atoms with van der Waals surface area (Å²) in [7, 11) is 0. The van der Waals surface area contributed by atoms with Crippen molar-refractivity contribution in [3.05, 3.63) is 52.4 Å².